The van der Waals surface area contributed by atoms with Gasteiger partial charge in [0.05, 0.1) is 0 Å². The van der Waals surface area contributed by atoms with E-state index >= 15 is 0 Å². The summed E-state index contributed by atoms with van der Waals surface area (Å²) in [5.41, 5.74) is 1.46. The van der Waals surface area contributed by atoms with Gasteiger partial charge >= 0.3 is 0 Å². The van der Waals surface area contributed by atoms with E-state index in [4.69, 9.17) is 4.74 Å². The molecule has 1 spiro atoms. The maximum absolute atomic E-state index is 12.5. The molecule has 5 nitrogen and oxygen atoms in total. The lowest BCUT2D eigenvalue weighted by molar-refractivity contribution is -0.138. The summed E-state index contributed by atoms with van der Waals surface area (Å²) in [5, 5.41) is 20.6. The number of carbonyl (C=O) groups excluding carboxylic acids is 1. The molecule has 5 heteroatoms. The Morgan fingerprint density at radius 3 is 3.00 bits per heavy atom. The van der Waals surface area contributed by atoms with Crippen LogP contribution in [0.2, 0.25) is 0 Å². The van der Waals surface area contributed by atoms with Gasteiger partial charge in [-0.2, -0.15) is 0 Å². The fourth-order valence-electron chi connectivity index (χ4n) is 5.59. The number of piperidine rings is 1. The minimum Gasteiger partial charge on any atom is -0.508 e. The fourth-order valence-corrected chi connectivity index (χ4v) is 5.59. The summed E-state index contributed by atoms with van der Waals surface area (Å²) in [6.07, 6.45) is 2.57. The molecule has 5 rings (SSSR count). The number of ketones is 1. The molecule has 116 valence electrons. The van der Waals surface area contributed by atoms with E-state index in [1.54, 1.807) is 0 Å². The molecule has 1 saturated carbocycles. The maximum Gasteiger partial charge on any atom is 0.174 e. The van der Waals surface area contributed by atoms with Crippen LogP contribution in [0.25, 0.3) is 0 Å². The van der Waals surface area contributed by atoms with E-state index < -0.39 is 6.10 Å². The Balaban J connectivity index is 1.86. The Kier molecular flexibility index (Phi) is 2.19. The average Bonchev–Trinajstić information content (AvgIpc) is 2.83. The summed E-state index contributed by atoms with van der Waals surface area (Å²) >= 11 is 0. The summed E-state index contributed by atoms with van der Waals surface area (Å²) < 4.78 is 5.98. The minimum atomic E-state index is -0.482. The molecule has 22 heavy (non-hydrogen) atoms. The number of likely N-dealkylation sites (tertiary alicyclic amines) is 1. The van der Waals surface area contributed by atoms with Crippen LogP contribution >= 0.6 is 0 Å². The molecule has 4 atom stereocenters. The summed E-state index contributed by atoms with van der Waals surface area (Å²) in [4.78, 5) is 14.9. The van der Waals surface area contributed by atoms with Gasteiger partial charge in [0.1, 0.15) is 5.75 Å². The van der Waals surface area contributed by atoms with Crippen molar-refractivity contribution in [3.05, 3.63) is 17.2 Å². The molecular formula is C17H19NO4. The van der Waals surface area contributed by atoms with Gasteiger partial charge in [-0.1, -0.05) is 0 Å². The number of phenols is 2. The van der Waals surface area contributed by atoms with Crippen LogP contribution in [0.3, 0.4) is 0 Å². The number of benzene rings is 1. The Morgan fingerprint density at radius 2 is 2.18 bits per heavy atom. The first-order chi connectivity index (χ1) is 10.5. The first-order valence-corrected chi connectivity index (χ1v) is 8.02. The molecule has 1 aromatic carbocycles. The summed E-state index contributed by atoms with van der Waals surface area (Å²) in [5.74, 6) is 1.05. The molecule has 2 N–H and O–H groups in total. The molecule has 2 aliphatic carbocycles. The number of aromatic hydroxyl groups is 2. The van der Waals surface area contributed by atoms with Crippen molar-refractivity contribution in [2.45, 2.75) is 43.2 Å². The topological polar surface area (TPSA) is 70.0 Å². The predicted molar refractivity (Wildman–Crippen MR) is 78.3 cm³/mol. The molecule has 1 saturated heterocycles. The van der Waals surface area contributed by atoms with Gasteiger partial charge in [0.25, 0.3) is 0 Å². The van der Waals surface area contributed by atoms with Gasteiger partial charge in [0.2, 0.25) is 0 Å². The van der Waals surface area contributed by atoms with Gasteiger partial charge in [-0.05, 0) is 38.8 Å². The zero-order valence-corrected chi connectivity index (χ0v) is 12.5. The second kappa shape index (κ2) is 3.77. The van der Waals surface area contributed by atoms with Gasteiger partial charge in [-0.3, -0.25) is 4.79 Å². The highest BCUT2D eigenvalue weighted by atomic mass is 16.5. The van der Waals surface area contributed by atoms with Crippen LogP contribution in [-0.4, -0.2) is 46.6 Å². The lowest BCUT2D eigenvalue weighted by atomic mass is 9.51. The molecule has 2 heterocycles. The Labute approximate surface area is 128 Å². The first-order valence-electron chi connectivity index (χ1n) is 8.02. The quantitative estimate of drug-likeness (QED) is 0.756. The summed E-state index contributed by atoms with van der Waals surface area (Å²) in [6.45, 7) is 0.920. The van der Waals surface area contributed by atoms with Crippen LogP contribution in [0.5, 0.6) is 17.2 Å². The van der Waals surface area contributed by atoms with Crippen molar-refractivity contribution in [1.82, 2.24) is 4.90 Å². The van der Waals surface area contributed by atoms with Crippen molar-refractivity contribution in [2.75, 3.05) is 13.6 Å². The van der Waals surface area contributed by atoms with Crippen LogP contribution in [0.1, 0.15) is 30.4 Å². The molecule has 2 bridgehead atoms. The standard InChI is InChI=1S/C17H19NO4/c1-18-5-4-17-9-2-3-11(19)16(17)22-15-13(21)7-12(20)8(14(15)17)6-10(9)18/h7,9-10,16,20-21H,2-6H2,1H3/t9-,10+,16-,17-/m0/s1. The van der Waals surface area contributed by atoms with Gasteiger partial charge < -0.3 is 19.8 Å². The molecule has 0 aromatic heterocycles. The van der Waals surface area contributed by atoms with Crippen LogP contribution in [0.15, 0.2) is 6.07 Å². The van der Waals surface area contributed by atoms with Crippen LogP contribution in [0, 0.1) is 5.92 Å². The van der Waals surface area contributed by atoms with Crippen LogP contribution < -0.4 is 4.74 Å². The van der Waals surface area contributed by atoms with Gasteiger partial charge in [-0.25, -0.2) is 0 Å². The first kappa shape index (κ1) is 12.8. The number of rotatable bonds is 0. The van der Waals surface area contributed by atoms with Gasteiger partial charge in [0.15, 0.2) is 23.4 Å². The number of likely N-dealkylation sites (N-methyl/N-ethyl adjacent to an activating group) is 1. The smallest absolute Gasteiger partial charge is 0.174 e. The normalized spacial score (nSPS) is 38.6. The van der Waals surface area contributed by atoms with Crippen molar-refractivity contribution in [2.24, 2.45) is 5.92 Å². The van der Waals surface area contributed by atoms with E-state index in [0.29, 0.717) is 24.1 Å². The van der Waals surface area contributed by atoms with E-state index in [2.05, 4.69) is 11.9 Å². The van der Waals surface area contributed by atoms with E-state index in [1.807, 2.05) is 0 Å². The third-order valence-electron chi connectivity index (χ3n) is 6.49. The minimum absolute atomic E-state index is 0.0380. The molecular weight excluding hydrogens is 282 g/mol. The molecule has 0 radical (unpaired) electrons. The van der Waals surface area contributed by atoms with Crippen LogP contribution in [-0.2, 0) is 16.6 Å². The maximum atomic E-state index is 12.5. The lowest BCUT2D eigenvalue weighted by Gasteiger charge is -2.57. The molecule has 0 amide bonds. The number of hydrogen-bond donors (Lipinski definition) is 2. The van der Waals surface area contributed by atoms with Gasteiger partial charge in [-0.15, -0.1) is 0 Å². The summed E-state index contributed by atoms with van der Waals surface area (Å²) in [7, 11) is 2.13. The third-order valence-corrected chi connectivity index (χ3v) is 6.49. The zero-order chi connectivity index (χ0) is 15.2. The number of hydrogen-bond acceptors (Lipinski definition) is 5. The van der Waals surface area contributed by atoms with Crippen molar-refractivity contribution in [3.63, 3.8) is 0 Å². The Hall–Kier alpha value is -1.75. The Bertz CT molecular complexity index is 715. The average molecular weight is 301 g/mol. The predicted octanol–water partition coefficient (Wildman–Crippen LogP) is 1.34. The molecule has 2 aliphatic heterocycles. The molecule has 2 fully saturated rings. The SMILES string of the molecule is CN1CC[C@]23c4c5c(O)cc(O)c4O[C@H]2C(=O)CC[C@H]3[C@H]1C5. The highest BCUT2D eigenvalue weighted by Crippen LogP contribution is 2.64. The number of ether oxygens (including phenoxy) is 1. The third kappa shape index (κ3) is 1.20. The van der Waals surface area contributed by atoms with Crippen molar-refractivity contribution >= 4 is 5.78 Å². The molecule has 0 unspecified atom stereocenters. The second-order valence-electron chi connectivity index (χ2n) is 7.25. The van der Waals surface area contributed by atoms with Crippen LogP contribution in [0.4, 0.5) is 0 Å². The Morgan fingerprint density at radius 1 is 1.36 bits per heavy atom. The van der Waals surface area contributed by atoms with E-state index in [1.165, 1.54) is 6.07 Å². The largest absolute Gasteiger partial charge is 0.508 e. The van der Waals surface area contributed by atoms with Crippen molar-refractivity contribution < 1.29 is 19.7 Å². The fraction of sp³-hybridized carbons (Fsp3) is 0.588. The number of Topliss-reactive ketones (excluding diaryl/α,β-unsaturated/α-hetero) is 1. The van der Waals surface area contributed by atoms with Crippen molar-refractivity contribution in [3.8, 4) is 17.2 Å². The number of nitrogens with zero attached hydrogens (tertiary/aromatic N) is 1. The van der Waals surface area contributed by atoms with E-state index in [9.17, 15) is 15.0 Å². The zero-order valence-electron chi connectivity index (χ0n) is 12.5. The second-order valence-corrected chi connectivity index (χ2v) is 7.25. The highest BCUT2D eigenvalue weighted by molar-refractivity contribution is 5.89. The lowest BCUT2D eigenvalue weighted by Crippen LogP contribution is -2.65. The highest BCUT2D eigenvalue weighted by Gasteiger charge is 2.66. The summed E-state index contributed by atoms with van der Waals surface area (Å²) in [6, 6.07) is 1.70. The monoisotopic (exact) mass is 301 g/mol. The van der Waals surface area contributed by atoms with Gasteiger partial charge in [0, 0.05) is 35.1 Å². The molecule has 1 aromatic rings. The van der Waals surface area contributed by atoms with E-state index in [0.717, 1.165) is 36.9 Å². The molecule has 4 aliphatic rings. The van der Waals surface area contributed by atoms with Crippen molar-refractivity contribution in [1.29, 1.82) is 0 Å². The number of phenolic OH excluding ortho intramolecular Hbond substituents is 2. The van der Waals surface area contributed by atoms with E-state index in [-0.39, 0.29) is 22.7 Å². The number of carbonyl (C=O) groups is 1.